The second-order valence-corrected chi connectivity index (χ2v) is 4.94. The second kappa shape index (κ2) is 6.74. The summed E-state index contributed by atoms with van der Waals surface area (Å²) in [7, 11) is 0. The van der Waals surface area contributed by atoms with Gasteiger partial charge in [0.2, 0.25) is 0 Å². The molecule has 0 radical (unpaired) electrons. The molecule has 1 aromatic carbocycles. The zero-order valence-corrected chi connectivity index (χ0v) is 12.4. The third kappa shape index (κ3) is 4.11. The molecule has 4 heteroatoms. The van der Waals surface area contributed by atoms with E-state index < -0.39 is 0 Å². The van der Waals surface area contributed by atoms with Gasteiger partial charge in [0, 0.05) is 14.7 Å². The number of carbonyl (C=O) groups excluding carboxylic acids is 1. The van der Waals surface area contributed by atoms with Crippen LogP contribution in [-0.4, -0.2) is 11.5 Å². The summed E-state index contributed by atoms with van der Waals surface area (Å²) in [5.41, 5.74) is 2.56. The van der Waals surface area contributed by atoms with Crippen molar-refractivity contribution in [2.24, 2.45) is 5.16 Å². The van der Waals surface area contributed by atoms with Gasteiger partial charge in [-0.2, -0.15) is 0 Å². The Hall–Kier alpha value is -0.910. The Morgan fingerprint density at radius 1 is 1.41 bits per heavy atom. The molecule has 0 amide bonds. The van der Waals surface area contributed by atoms with E-state index in [0.717, 1.165) is 21.3 Å². The molecule has 0 spiro atoms. The topological polar surface area (TPSA) is 38.7 Å². The minimum absolute atomic E-state index is 0.0540. The molecule has 0 aliphatic carbocycles. The highest BCUT2D eigenvalue weighted by atomic mass is 127. The highest BCUT2D eigenvalue weighted by molar-refractivity contribution is 14.1. The fourth-order valence-electron chi connectivity index (χ4n) is 1.31. The van der Waals surface area contributed by atoms with E-state index in [9.17, 15) is 4.79 Å². The molecule has 0 aliphatic heterocycles. The molecule has 3 nitrogen and oxygen atoms in total. The number of oxime groups is 1. The van der Waals surface area contributed by atoms with Crippen LogP contribution in [0.15, 0.2) is 23.4 Å². The van der Waals surface area contributed by atoms with Gasteiger partial charge in [-0.25, -0.2) is 0 Å². The monoisotopic (exact) mass is 345 g/mol. The maximum absolute atomic E-state index is 11.5. The van der Waals surface area contributed by atoms with Crippen LogP contribution in [0.25, 0.3) is 0 Å². The Labute approximate surface area is 115 Å². The van der Waals surface area contributed by atoms with E-state index in [0.29, 0.717) is 12.2 Å². The van der Waals surface area contributed by atoms with E-state index in [1.807, 2.05) is 32.0 Å². The fraction of sp³-hybridized carbons (Fsp3) is 0.385. The predicted octanol–water partition coefficient (Wildman–Crippen LogP) is 3.80. The fourth-order valence-corrected chi connectivity index (χ4v) is 1.96. The van der Waals surface area contributed by atoms with Crippen LogP contribution in [0.3, 0.4) is 0 Å². The number of benzene rings is 1. The summed E-state index contributed by atoms with van der Waals surface area (Å²) in [6.07, 6.45) is 0.867. The molecule has 0 fully saturated rings. The van der Waals surface area contributed by atoms with Crippen LogP contribution in [0.4, 0.5) is 0 Å². The Kier molecular flexibility index (Phi) is 5.61. The molecule has 0 saturated heterocycles. The molecular weight excluding hydrogens is 329 g/mol. The average molecular weight is 345 g/mol. The SMILES string of the molecule is CCC(C)=NOCc1c(I)cccc1C(C)=O. The molecule has 1 rings (SSSR count). The smallest absolute Gasteiger partial charge is 0.160 e. The van der Waals surface area contributed by atoms with Crippen molar-refractivity contribution in [1.29, 1.82) is 0 Å². The Balaban J connectivity index is 2.86. The molecule has 1 aromatic rings. The summed E-state index contributed by atoms with van der Waals surface area (Å²) in [5, 5.41) is 3.98. The highest BCUT2D eigenvalue weighted by Gasteiger charge is 2.10. The maximum atomic E-state index is 11.5. The molecule has 0 aliphatic rings. The van der Waals surface area contributed by atoms with Crippen LogP contribution in [0.1, 0.15) is 43.1 Å². The first kappa shape index (κ1) is 14.2. The third-order valence-electron chi connectivity index (χ3n) is 2.44. The summed E-state index contributed by atoms with van der Waals surface area (Å²) >= 11 is 2.20. The van der Waals surface area contributed by atoms with E-state index >= 15 is 0 Å². The maximum Gasteiger partial charge on any atom is 0.160 e. The van der Waals surface area contributed by atoms with E-state index in [2.05, 4.69) is 27.7 Å². The second-order valence-electron chi connectivity index (χ2n) is 3.78. The van der Waals surface area contributed by atoms with Gasteiger partial charge in [-0.15, -0.1) is 0 Å². The molecule has 0 unspecified atom stereocenters. The zero-order chi connectivity index (χ0) is 12.8. The molecule has 92 valence electrons. The van der Waals surface area contributed by atoms with Gasteiger partial charge in [-0.05, 0) is 48.9 Å². The normalized spacial score (nSPS) is 11.4. The van der Waals surface area contributed by atoms with E-state index in [1.165, 1.54) is 0 Å². The van der Waals surface area contributed by atoms with Crippen LogP contribution in [0, 0.1) is 3.57 Å². The van der Waals surface area contributed by atoms with Crippen molar-refractivity contribution in [3.05, 3.63) is 32.9 Å². The first-order valence-electron chi connectivity index (χ1n) is 5.50. The molecule has 0 N–H and O–H groups in total. The number of nitrogens with zero attached hydrogens (tertiary/aromatic N) is 1. The summed E-state index contributed by atoms with van der Waals surface area (Å²) in [4.78, 5) is 16.8. The van der Waals surface area contributed by atoms with Gasteiger partial charge in [-0.1, -0.05) is 24.2 Å². The number of halogens is 1. The van der Waals surface area contributed by atoms with E-state index in [1.54, 1.807) is 6.92 Å². The Morgan fingerprint density at radius 2 is 2.12 bits per heavy atom. The quantitative estimate of drug-likeness (QED) is 0.352. The number of rotatable bonds is 5. The van der Waals surface area contributed by atoms with E-state index in [4.69, 9.17) is 4.84 Å². The number of carbonyl (C=O) groups is 1. The number of ketones is 1. The summed E-state index contributed by atoms with van der Waals surface area (Å²) < 4.78 is 1.03. The van der Waals surface area contributed by atoms with Crippen molar-refractivity contribution >= 4 is 34.1 Å². The van der Waals surface area contributed by atoms with E-state index in [-0.39, 0.29) is 5.78 Å². The van der Waals surface area contributed by atoms with Gasteiger partial charge < -0.3 is 4.84 Å². The van der Waals surface area contributed by atoms with Crippen molar-refractivity contribution in [2.45, 2.75) is 33.8 Å². The molecule has 0 bridgehead atoms. The van der Waals surface area contributed by atoms with Crippen molar-refractivity contribution in [3.8, 4) is 0 Å². The lowest BCUT2D eigenvalue weighted by molar-refractivity contribution is 0.100. The number of hydrogen-bond donors (Lipinski definition) is 0. The minimum Gasteiger partial charge on any atom is -0.391 e. The molecule has 0 aromatic heterocycles. The zero-order valence-electron chi connectivity index (χ0n) is 10.3. The lowest BCUT2D eigenvalue weighted by Crippen LogP contribution is -2.03. The van der Waals surface area contributed by atoms with Gasteiger partial charge in [0.05, 0.1) is 5.71 Å². The van der Waals surface area contributed by atoms with Crippen LogP contribution in [0.2, 0.25) is 0 Å². The summed E-state index contributed by atoms with van der Waals surface area (Å²) in [5.74, 6) is 0.0540. The Morgan fingerprint density at radius 3 is 2.71 bits per heavy atom. The summed E-state index contributed by atoms with van der Waals surface area (Å²) in [6.45, 7) is 5.85. The Bertz CT molecular complexity index is 441. The van der Waals surface area contributed by atoms with Crippen molar-refractivity contribution < 1.29 is 9.63 Å². The first-order valence-corrected chi connectivity index (χ1v) is 6.57. The van der Waals surface area contributed by atoms with Crippen LogP contribution in [0.5, 0.6) is 0 Å². The number of hydrogen-bond acceptors (Lipinski definition) is 3. The third-order valence-corrected chi connectivity index (χ3v) is 3.45. The lowest BCUT2D eigenvalue weighted by Gasteiger charge is -2.08. The lowest BCUT2D eigenvalue weighted by atomic mass is 10.1. The highest BCUT2D eigenvalue weighted by Crippen LogP contribution is 2.18. The molecular formula is C13H16INO2. The van der Waals surface area contributed by atoms with Crippen LogP contribution < -0.4 is 0 Å². The molecule has 0 saturated carbocycles. The van der Waals surface area contributed by atoms with Crippen LogP contribution >= 0.6 is 22.6 Å². The van der Waals surface area contributed by atoms with Crippen molar-refractivity contribution in [1.82, 2.24) is 0 Å². The predicted molar refractivity (Wildman–Crippen MR) is 77.4 cm³/mol. The average Bonchev–Trinajstić information content (AvgIpc) is 2.30. The van der Waals surface area contributed by atoms with Gasteiger partial charge >= 0.3 is 0 Å². The van der Waals surface area contributed by atoms with Gasteiger partial charge in [0.25, 0.3) is 0 Å². The molecule has 0 heterocycles. The van der Waals surface area contributed by atoms with Gasteiger partial charge in [0.1, 0.15) is 6.61 Å². The summed E-state index contributed by atoms with van der Waals surface area (Å²) in [6, 6.07) is 5.66. The first-order chi connectivity index (χ1) is 8.06. The van der Waals surface area contributed by atoms with Crippen LogP contribution in [-0.2, 0) is 11.4 Å². The minimum atomic E-state index is 0.0540. The van der Waals surface area contributed by atoms with Gasteiger partial charge in [0.15, 0.2) is 5.78 Å². The van der Waals surface area contributed by atoms with Gasteiger partial charge in [-0.3, -0.25) is 4.79 Å². The molecule has 0 atom stereocenters. The largest absolute Gasteiger partial charge is 0.391 e. The molecule has 17 heavy (non-hydrogen) atoms. The van der Waals surface area contributed by atoms with Crippen molar-refractivity contribution in [3.63, 3.8) is 0 Å². The standard InChI is InChI=1S/C13H16INO2/c1-4-9(2)15-17-8-12-11(10(3)16)6-5-7-13(12)14/h5-7H,4,8H2,1-3H3. The van der Waals surface area contributed by atoms with Crippen molar-refractivity contribution in [2.75, 3.05) is 0 Å². The number of Topliss-reactive ketones (excluding diaryl/α,β-unsaturated/α-hetero) is 1.